The minimum Gasteiger partial charge on any atom is -0.423 e. The van der Waals surface area contributed by atoms with Crippen LogP contribution in [0.4, 0.5) is 6.01 Å². The van der Waals surface area contributed by atoms with Crippen molar-refractivity contribution in [2.45, 2.75) is 37.6 Å². The first-order chi connectivity index (χ1) is 12.7. The van der Waals surface area contributed by atoms with Crippen LogP contribution in [-0.4, -0.2) is 41.2 Å². The van der Waals surface area contributed by atoms with Crippen molar-refractivity contribution >= 4 is 34.6 Å². The molecule has 26 heavy (non-hydrogen) atoms. The molecule has 7 nitrogen and oxygen atoms in total. The number of nitrogens with zero attached hydrogens (tertiary/aromatic N) is 3. The average molecular weight is 352 g/mol. The maximum atomic E-state index is 12.6. The Kier molecular flexibility index (Phi) is 3.63. The molecule has 3 aliphatic rings. The lowest BCUT2D eigenvalue weighted by molar-refractivity contribution is -0.124. The van der Waals surface area contributed by atoms with Crippen molar-refractivity contribution in [3.8, 4) is 0 Å². The van der Waals surface area contributed by atoms with Crippen LogP contribution >= 0.6 is 0 Å². The fourth-order valence-electron chi connectivity index (χ4n) is 4.29. The maximum absolute atomic E-state index is 12.6. The highest BCUT2D eigenvalue weighted by atomic mass is 16.5. The summed E-state index contributed by atoms with van der Waals surface area (Å²) in [6.45, 7) is 1.24. The van der Waals surface area contributed by atoms with Gasteiger partial charge < -0.3 is 9.15 Å². The van der Waals surface area contributed by atoms with E-state index in [-0.39, 0.29) is 11.7 Å². The molecular weight excluding hydrogens is 332 g/mol. The number of Topliss-reactive ketones (excluding diaryl/α,β-unsaturated/α-hetero) is 1. The van der Waals surface area contributed by atoms with Gasteiger partial charge >= 0.3 is 6.01 Å². The monoisotopic (exact) mass is 352 g/mol. The topological polar surface area (TPSA) is 89.1 Å². The van der Waals surface area contributed by atoms with Crippen molar-refractivity contribution in [3.05, 3.63) is 24.3 Å². The van der Waals surface area contributed by atoms with Crippen LogP contribution in [0.3, 0.4) is 0 Å². The van der Waals surface area contributed by atoms with E-state index < -0.39 is 5.54 Å². The molecule has 2 aromatic rings. The number of benzene rings is 1. The number of hydrogen-bond donors (Lipinski definition) is 1. The molecule has 134 valence electrons. The highest BCUT2D eigenvalue weighted by molar-refractivity contribution is 6.15. The Morgan fingerprint density at radius 3 is 2.85 bits per heavy atom. The van der Waals surface area contributed by atoms with Gasteiger partial charge in [0.05, 0.1) is 11.5 Å². The molecule has 1 unspecified atom stereocenters. The van der Waals surface area contributed by atoms with Gasteiger partial charge in [0, 0.05) is 25.3 Å². The van der Waals surface area contributed by atoms with Gasteiger partial charge in [0.2, 0.25) is 5.96 Å². The maximum Gasteiger partial charge on any atom is 0.302 e. The van der Waals surface area contributed by atoms with Gasteiger partial charge in [-0.2, -0.15) is 4.98 Å². The number of aromatic nitrogens is 1. The molecule has 1 N–H and O–H groups in total. The fourth-order valence-corrected chi connectivity index (χ4v) is 4.29. The van der Waals surface area contributed by atoms with Crippen LogP contribution < -0.4 is 5.32 Å². The number of aliphatic imine (C=N–C) groups is 2. The number of guanidine groups is 1. The third-order valence-corrected chi connectivity index (χ3v) is 5.50. The molecule has 0 amide bonds. The summed E-state index contributed by atoms with van der Waals surface area (Å²) in [5.41, 5.74) is 1.99. The van der Waals surface area contributed by atoms with Gasteiger partial charge in [-0.25, -0.2) is 9.98 Å². The van der Waals surface area contributed by atoms with E-state index in [0.29, 0.717) is 37.2 Å². The Hall–Kier alpha value is -2.54. The Balaban J connectivity index is 1.52. The lowest BCUT2D eigenvalue weighted by Gasteiger charge is -2.43. The number of ketones is 1. The molecule has 1 spiro atoms. The number of para-hydroxylation sites is 2. The second-order valence-corrected chi connectivity index (χ2v) is 7.12. The van der Waals surface area contributed by atoms with Gasteiger partial charge in [-0.3, -0.25) is 10.1 Å². The minimum atomic E-state index is -0.443. The Morgan fingerprint density at radius 1 is 1.15 bits per heavy atom. The smallest absolute Gasteiger partial charge is 0.302 e. The molecule has 1 aromatic heterocycles. The van der Waals surface area contributed by atoms with Gasteiger partial charge in [0.15, 0.2) is 5.58 Å². The van der Waals surface area contributed by atoms with Gasteiger partial charge in [-0.05, 0) is 37.8 Å². The zero-order valence-electron chi connectivity index (χ0n) is 14.4. The standard InChI is InChI=1S/C19H20N4O3/c24-14-6-3-5-13-16(14)19(8-10-25-11-9-19)23-17(20-13)22-18-21-12-4-1-2-7-15(12)26-18/h1-2,4,7,16H,3,5-6,8-11H2,(H,21,22,23). The van der Waals surface area contributed by atoms with Crippen LogP contribution in [0.15, 0.2) is 38.7 Å². The van der Waals surface area contributed by atoms with Crippen molar-refractivity contribution in [1.29, 1.82) is 0 Å². The van der Waals surface area contributed by atoms with E-state index in [0.717, 1.165) is 36.9 Å². The number of ether oxygens (including phenoxy) is 1. The van der Waals surface area contributed by atoms with Gasteiger partial charge in [0.25, 0.3) is 0 Å². The van der Waals surface area contributed by atoms with Crippen LogP contribution in [0, 0.1) is 5.92 Å². The van der Waals surface area contributed by atoms with Crippen LogP contribution in [0.1, 0.15) is 32.1 Å². The third kappa shape index (κ3) is 2.54. The zero-order chi connectivity index (χ0) is 17.6. The Labute approximate surface area is 150 Å². The molecule has 7 heteroatoms. The molecule has 1 saturated heterocycles. The van der Waals surface area contributed by atoms with Crippen molar-refractivity contribution in [2.24, 2.45) is 15.9 Å². The highest BCUT2D eigenvalue weighted by Gasteiger charge is 2.49. The SMILES string of the molecule is O=C1CCCC2=NC(Nc3nc4ccccc4o3)=NC3(CCOCC3)C12. The van der Waals surface area contributed by atoms with Gasteiger partial charge in [-0.1, -0.05) is 12.1 Å². The minimum absolute atomic E-state index is 0.200. The van der Waals surface area contributed by atoms with Crippen LogP contribution in [0.25, 0.3) is 11.1 Å². The molecule has 2 fully saturated rings. The molecule has 0 bridgehead atoms. The first-order valence-electron chi connectivity index (χ1n) is 9.14. The number of hydrogen-bond acceptors (Lipinski definition) is 7. The molecule has 5 rings (SSSR count). The normalized spacial score (nSPS) is 24.9. The lowest BCUT2D eigenvalue weighted by atomic mass is 9.68. The van der Waals surface area contributed by atoms with E-state index in [1.807, 2.05) is 24.3 Å². The number of oxazole rings is 1. The van der Waals surface area contributed by atoms with Crippen LogP contribution in [-0.2, 0) is 9.53 Å². The summed E-state index contributed by atoms with van der Waals surface area (Å²) in [6.07, 6.45) is 3.79. The van der Waals surface area contributed by atoms with Crippen molar-refractivity contribution in [1.82, 2.24) is 4.98 Å². The first-order valence-corrected chi connectivity index (χ1v) is 9.14. The van der Waals surface area contributed by atoms with E-state index in [9.17, 15) is 4.79 Å². The molecule has 1 atom stereocenters. The summed E-state index contributed by atoms with van der Waals surface area (Å²) >= 11 is 0. The summed E-state index contributed by atoms with van der Waals surface area (Å²) in [5.74, 6) is 0.551. The number of carbonyl (C=O) groups excluding carboxylic acids is 1. The highest BCUT2D eigenvalue weighted by Crippen LogP contribution is 2.41. The number of carbonyl (C=O) groups is 1. The second kappa shape index (κ2) is 6.02. The molecule has 1 aromatic carbocycles. The largest absolute Gasteiger partial charge is 0.423 e. The van der Waals surface area contributed by atoms with Crippen LogP contribution in [0.2, 0.25) is 0 Å². The van der Waals surface area contributed by atoms with E-state index in [1.54, 1.807) is 0 Å². The van der Waals surface area contributed by atoms with Gasteiger partial charge in [-0.15, -0.1) is 0 Å². The summed E-state index contributed by atoms with van der Waals surface area (Å²) in [6, 6.07) is 7.97. The molecule has 3 heterocycles. The predicted octanol–water partition coefficient (Wildman–Crippen LogP) is 2.97. The lowest BCUT2D eigenvalue weighted by Crippen LogP contribution is -2.53. The number of rotatable bonds is 1. The Bertz CT molecular complexity index is 891. The number of fused-ring (bicyclic) bond motifs is 3. The second-order valence-electron chi connectivity index (χ2n) is 7.12. The van der Waals surface area contributed by atoms with Crippen molar-refractivity contribution in [2.75, 3.05) is 18.5 Å². The van der Waals surface area contributed by atoms with E-state index >= 15 is 0 Å². The van der Waals surface area contributed by atoms with E-state index in [2.05, 4.69) is 15.3 Å². The molecule has 1 saturated carbocycles. The van der Waals surface area contributed by atoms with Crippen LogP contribution in [0.5, 0.6) is 0 Å². The fraction of sp³-hybridized carbons (Fsp3) is 0.474. The van der Waals surface area contributed by atoms with Gasteiger partial charge in [0.1, 0.15) is 11.3 Å². The number of anilines is 1. The number of nitrogens with one attached hydrogen (secondary N) is 1. The average Bonchev–Trinajstić information content (AvgIpc) is 3.04. The summed E-state index contributed by atoms with van der Waals surface area (Å²) < 4.78 is 11.3. The zero-order valence-corrected chi connectivity index (χ0v) is 14.4. The quantitative estimate of drug-likeness (QED) is 0.852. The molecule has 0 radical (unpaired) electrons. The molecule has 1 aliphatic carbocycles. The molecular formula is C19H20N4O3. The molecule has 2 aliphatic heterocycles. The summed E-state index contributed by atoms with van der Waals surface area (Å²) in [4.78, 5) is 26.6. The Morgan fingerprint density at radius 2 is 2.00 bits per heavy atom. The van der Waals surface area contributed by atoms with Crippen molar-refractivity contribution in [3.63, 3.8) is 0 Å². The third-order valence-electron chi connectivity index (χ3n) is 5.50. The predicted molar refractivity (Wildman–Crippen MR) is 97.6 cm³/mol. The van der Waals surface area contributed by atoms with E-state index in [4.69, 9.17) is 14.1 Å². The summed E-state index contributed by atoms with van der Waals surface area (Å²) in [5, 5.41) is 3.12. The van der Waals surface area contributed by atoms with E-state index in [1.165, 1.54) is 0 Å². The first kappa shape index (κ1) is 15.7. The summed E-state index contributed by atoms with van der Waals surface area (Å²) in [7, 11) is 0. The van der Waals surface area contributed by atoms with Crippen molar-refractivity contribution < 1.29 is 13.9 Å².